The van der Waals surface area contributed by atoms with Gasteiger partial charge in [-0.1, -0.05) is 18.2 Å². The van der Waals surface area contributed by atoms with Crippen LogP contribution in [0.25, 0.3) is 10.9 Å². The summed E-state index contributed by atoms with van der Waals surface area (Å²) < 4.78 is 7.47. The van der Waals surface area contributed by atoms with Crippen LogP contribution >= 0.6 is 0 Å². The molecular formula is C20H21N3O3. The lowest BCUT2D eigenvalue weighted by atomic mass is 10.2. The van der Waals surface area contributed by atoms with Gasteiger partial charge in [0, 0.05) is 29.3 Å². The largest absolute Gasteiger partial charge is 0.484 e. The fraction of sp³-hybridized carbons (Fsp3) is 0.200. The molecule has 3 aromatic rings. The Labute approximate surface area is 151 Å². The van der Waals surface area contributed by atoms with E-state index in [4.69, 9.17) is 4.74 Å². The minimum Gasteiger partial charge on any atom is -0.484 e. The number of carbonyl (C=O) groups excluding carboxylic acids is 2. The molecule has 1 heterocycles. The summed E-state index contributed by atoms with van der Waals surface area (Å²) in [6, 6.07) is 16.8. The van der Waals surface area contributed by atoms with Gasteiger partial charge in [0.1, 0.15) is 5.75 Å². The Bertz CT molecular complexity index is 903. The molecule has 0 saturated heterocycles. The zero-order chi connectivity index (χ0) is 18.4. The number of amides is 2. The summed E-state index contributed by atoms with van der Waals surface area (Å²) in [5, 5.41) is 6.39. The van der Waals surface area contributed by atoms with Gasteiger partial charge < -0.3 is 19.9 Å². The van der Waals surface area contributed by atoms with Crippen molar-refractivity contribution in [1.29, 1.82) is 0 Å². The second kappa shape index (κ2) is 8.20. The molecule has 0 radical (unpaired) electrons. The Morgan fingerprint density at radius 1 is 1.04 bits per heavy atom. The second-order valence-corrected chi connectivity index (χ2v) is 5.80. The summed E-state index contributed by atoms with van der Waals surface area (Å²) in [4.78, 5) is 23.8. The van der Waals surface area contributed by atoms with E-state index in [0.29, 0.717) is 11.4 Å². The molecule has 0 aliphatic rings. The lowest BCUT2D eigenvalue weighted by Crippen LogP contribution is -2.35. The summed E-state index contributed by atoms with van der Waals surface area (Å²) in [6.45, 7) is 2.74. The average Bonchev–Trinajstić information content (AvgIpc) is 3.08. The third-order valence-electron chi connectivity index (χ3n) is 3.95. The Morgan fingerprint density at radius 2 is 1.85 bits per heavy atom. The fourth-order valence-corrected chi connectivity index (χ4v) is 2.65. The maximum Gasteiger partial charge on any atom is 0.258 e. The first kappa shape index (κ1) is 17.5. The first-order valence-electron chi connectivity index (χ1n) is 8.49. The fourth-order valence-electron chi connectivity index (χ4n) is 2.65. The van der Waals surface area contributed by atoms with Gasteiger partial charge in [0.2, 0.25) is 5.91 Å². The molecule has 6 nitrogen and oxygen atoms in total. The van der Waals surface area contributed by atoms with Gasteiger partial charge in [0.15, 0.2) is 6.61 Å². The smallest absolute Gasteiger partial charge is 0.258 e. The summed E-state index contributed by atoms with van der Waals surface area (Å²) in [5.74, 6) is -0.0220. The highest BCUT2D eigenvalue weighted by Gasteiger charge is 2.08. The molecule has 134 valence electrons. The molecule has 0 saturated carbocycles. The predicted octanol–water partition coefficient (Wildman–Crippen LogP) is 2.79. The molecule has 2 N–H and O–H groups in total. The van der Waals surface area contributed by atoms with E-state index >= 15 is 0 Å². The van der Waals surface area contributed by atoms with Crippen molar-refractivity contribution in [3.05, 3.63) is 60.8 Å². The van der Waals surface area contributed by atoms with Crippen molar-refractivity contribution in [2.75, 3.05) is 18.5 Å². The Morgan fingerprint density at radius 3 is 2.62 bits per heavy atom. The number of fused-ring (bicyclic) bond motifs is 1. The van der Waals surface area contributed by atoms with Crippen molar-refractivity contribution in [3.63, 3.8) is 0 Å². The van der Waals surface area contributed by atoms with E-state index in [2.05, 4.69) is 22.1 Å². The number of nitrogens with zero attached hydrogens (tertiary/aromatic N) is 1. The summed E-state index contributed by atoms with van der Waals surface area (Å²) in [7, 11) is 0. The quantitative estimate of drug-likeness (QED) is 0.687. The zero-order valence-corrected chi connectivity index (χ0v) is 14.6. The van der Waals surface area contributed by atoms with Crippen LogP contribution < -0.4 is 15.4 Å². The lowest BCUT2D eigenvalue weighted by Gasteiger charge is -2.09. The monoisotopic (exact) mass is 351 g/mol. The number of carbonyl (C=O) groups is 2. The van der Waals surface area contributed by atoms with Gasteiger partial charge in [-0.05, 0) is 43.3 Å². The average molecular weight is 351 g/mol. The highest BCUT2D eigenvalue weighted by Crippen LogP contribution is 2.20. The number of aryl methyl sites for hydroxylation is 1. The molecule has 0 bridgehead atoms. The summed E-state index contributed by atoms with van der Waals surface area (Å²) in [5.41, 5.74) is 1.82. The number of hydrogen-bond acceptors (Lipinski definition) is 3. The topological polar surface area (TPSA) is 72.4 Å². The minimum absolute atomic E-state index is 0.106. The number of rotatable bonds is 7. The number of nitrogens with one attached hydrogen (secondary N) is 2. The lowest BCUT2D eigenvalue weighted by molar-refractivity contribution is -0.125. The van der Waals surface area contributed by atoms with Crippen molar-refractivity contribution in [1.82, 2.24) is 9.88 Å². The zero-order valence-electron chi connectivity index (χ0n) is 14.6. The van der Waals surface area contributed by atoms with Crippen LogP contribution in [0, 0.1) is 0 Å². The van der Waals surface area contributed by atoms with E-state index < -0.39 is 0 Å². The Kier molecular flexibility index (Phi) is 5.53. The molecular weight excluding hydrogens is 330 g/mol. The molecule has 26 heavy (non-hydrogen) atoms. The number of benzene rings is 2. The van der Waals surface area contributed by atoms with Crippen molar-refractivity contribution in [3.8, 4) is 5.75 Å². The van der Waals surface area contributed by atoms with Crippen molar-refractivity contribution >= 4 is 28.4 Å². The van der Waals surface area contributed by atoms with E-state index in [1.165, 1.54) is 0 Å². The van der Waals surface area contributed by atoms with E-state index in [1.54, 1.807) is 12.1 Å². The van der Waals surface area contributed by atoms with Crippen molar-refractivity contribution in [2.45, 2.75) is 13.5 Å². The number of hydrogen-bond donors (Lipinski definition) is 2. The van der Waals surface area contributed by atoms with Crippen LogP contribution in [0.4, 0.5) is 5.69 Å². The molecule has 0 fully saturated rings. The summed E-state index contributed by atoms with van der Waals surface area (Å²) in [6.07, 6.45) is 2.02. The highest BCUT2D eigenvalue weighted by atomic mass is 16.5. The molecule has 2 amide bonds. The maximum absolute atomic E-state index is 12.0. The molecule has 0 spiro atoms. The van der Waals surface area contributed by atoms with Crippen LogP contribution in [-0.4, -0.2) is 29.5 Å². The van der Waals surface area contributed by atoms with Crippen molar-refractivity contribution in [2.24, 2.45) is 0 Å². The van der Waals surface area contributed by atoms with E-state index in [0.717, 1.165) is 17.4 Å². The van der Waals surface area contributed by atoms with E-state index in [-0.39, 0.29) is 25.0 Å². The molecule has 0 aliphatic carbocycles. The van der Waals surface area contributed by atoms with E-state index in [1.807, 2.05) is 48.7 Å². The predicted molar refractivity (Wildman–Crippen MR) is 101 cm³/mol. The van der Waals surface area contributed by atoms with Gasteiger partial charge in [0.25, 0.3) is 5.91 Å². The Balaban J connectivity index is 1.47. The third kappa shape index (κ3) is 4.42. The first-order chi connectivity index (χ1) is 12.7. The summed E-state index contributed by atoms with van der Waals surface area (Å²) >= 11 is 0. The van der Waals surface area contributed by atoms with Gasteiger partial charge in [0.05, 0.1) is 6.54 Å². The number of ether oxygens (including phenoxy) is 1. The van der Waals surface area contributed by atoms with Crippen LogP contribution in [0.1, 0.15) is 6.92 Å². The van der Waals surface area contributed by atoms with Crippen LogP contribution in [0.2, 0.25) is 0 Å². The van der Waals surface area contributed by atoms with E-state index in [9.17, 15) is 9.59 Å². The van der Waals surface area contributed by atoms with Gasteiger partial charge in [-0.2, -0.15) is 0 Å². The molecule has 0 atom stereocenters. The van der Waals surface area contributed by atoms with Gasteiger partial charge in [-0.15, -0.1) is 0 Å². The van der Waals surface area contributed by atoms with Gasteiger partial charge in [-0.3, -0.25) is 9.59 Å². The van der Waals surface area contributed by atoms with Crippen LogP contribution in [0.15, 0.2) is 60.8 Å². The maximum atomic E-state index is 12.0. The normalized spacial score (nSPS) is 10.5. The molecule has 1 aromatic heterocycles. The van der Waals surface area contributed by atoms with Crippen LogP contribution in [-0.2, 0) is 16.1 Å². The molecule has 0 unspecified atom stereocenters. The number of aromatic nitrogens is 1. The molecule has 2 aromatic carbocycles. The van der Waals surface area contributed by atoms with Crippen LogP contribution in [0.3, 0.4) is 0 Å². The van der Waals surface area contributed by atoms with Crippen molar-refractivity contribution < 1.29 is 14.3 Å². The second-order valence-electron chi connectivity index (χ2n) is 5.80. The third-order valence-corrected chi connectivity index (χ3v) is 3.95. The first-order valence-corrected chi connectivity index (χ1v) is 8.49. The SMILES string of the molecule is CCn1ccc2cc(NC(=O)CNC(=O)COc3ccccc3)ccc21. The number of anilines is 1. The molecule has 6 heteroatoms. The van der Waals surface area contributed by atoms with Gasteiger partial charge >= 0.3 is 0 Å². The molecule has 0 aliphatic heterocycles. The number of para-hydroxylation sites is 1. The van der Waals surface area contributed by atoms with Crippen LogP contribution in [0.5, 0.6) is 5.75 Å². The molecule has 3 rings (SSSR count). The Hall–Kier alpha value is -3.28. The minimum atomic E-state index is -0.348. The van der Waals surface area contributed by atoms with Gasteiger partial charge in [-0.25, -0.2) is 0 Å². The standard InChI is InChI=1S/C20H21N3O3/c1-2-23-11-10-15-12-16(8-9-18(15)23)22-19(24)13-21-20(25)14-26-17-6-4-3-5-7-17/h3-12H,2,13-14H2,1H3,(H,21,25)(H,22,24). The highest BCUT2D eigenvalue weighted by molar-refractivity contribution is 5.96.